The second-order valence-electron chi connectivity index (χ2n) is 15.2. The minimum atomic E-state index is 0.826. The van der Waals surface area contributed by atoms with Crippen molar-refractivity contribution in [1.82, 2.24) is 14.4 Å². The molecule has 0 saturated heterocycles. The zero-order chi connectivity index (χ0) is 38.7. The number of para-hydroxylation sites is 2. The van der Waals surface area contributed by atoms with E-state index in [0.29, 0.717) is 0 Å². The lowest BCUT2D eigenvalue weighted by Gasteiger charge is -2.18. The zero-order valence-electron chi connectivity index (χ0n) is 32.4. The average Bonchev–Trinajstić information content (AvgIpc) is 3.68. The average molecular weight is 742 g/mol. The highest BCUT2D eigenvalue weighted by Crippen LogP contribution is 2.45. The fraction of sp³-hybridized carbons (Fsp3) is 0.0545. The highest BCUT2D eigenvalue weighted by atomic mass is 15.1. The number of aromatic nitrogens is 3. The summed E-state index contributed by atoms with van der Waals surface area (Å²) in [6.45, 7) is 4.21. The van der Waals surface area contributed by atoms with E-state index >= 15 is 0 Å². The van der Waals surface area contributed by atoms with Crippen molar-refractivity contribution in [2.24, 2.45) is 0 Å². The lowest BCUT2D eigenvalue weighted by molar-refractivity contribution is 0.988. The molecule has 274 valence electrons. The van der Waals surface area contributed by atoms with E-state index in [-0.39, 0.29) is 0 Å². The van der Waals surface area contributed by atoms with Crippen molar-refractivity contribution in [2.75, 3.05) is 0 Å². The number of hydrogen-bond donors (Lipinski definition) is 0. The number of rotatable bonds is 6. The van der Waals surface area contributed by atoms with Crippen molar-refractivity contribution in [2.45, 2.75) is 20.3 Å². The maximum atomic E-state index is 5.25. The van der Waals surface area contributed by atoms with E-state index in [2.05, 4.69) is 193 Å². The minimum absolute atomic E-state index is 0.826. The molecule has 0 aliphatic rings. The summed E-state index contributed by atoms with van der Waals surface area (Å²) in [5.41, 5.74) is 13.6. The van der Waals surface area contributed by atoms with E-state index in [1.807, 2.05) is 13.0 Å². The van der Waals surface area contributed by atoms with Crippen LogP contribution in [0.2, 0.25) is 0 Å². The Hall–Kier alpha value is -7.36. The fourth-order valence-electron chi connectivity index (χ4n) is 9.08. The van der Waals surface area contributed by atoms with Gasteiger partial charge in [-0.15, -0.1) is 0 Å². The lowest BCUT2D eigenvalue weighted by atomic mass is 9.85. The third kappa shape index (κ3) is 5.43. The molecule has 3 nitrogen and oxygen atoms in total. The third-order valence-corrected chi connectivity index (χ3v) is 11.8. The number of allylic oxidation sites excluding steroid dienone is 1. The topological polar surface area (TPSA) is 30.2 Å². The normalized spacial score (nSPS) is 12.0. The Morgan fingerprint density at radius 2 is 0.948 bits per heavy atom. The summed E-state index contributed by atoms with van der Waals surface area (Å²) in [6.07, 6.45) is 5.03. The maximum absolute atomic E-state index is 5.25. The lowest BCUT2D eigenvalue weighted by Crippen LogP contribution is -2.04. The smallest absolute Gasteiger partial charge is 0.148 e. The molecule has 0 fully saturated rings. The number of hydrogen-bond acceptors (Lipinski definition) is 2. The predicted molar refractivity (Wildman–Crippen MR) is 246 cm³/mol. The summed E-state index contributed by atoms with van der Waals surface area (Å²) >= 11 is 0. The van der Waals surface area contributed by atoms with Crippen LogP contribution in [-0.2, 0) is 6.42 Å². The minimum Gasteiger partial charge on any atom is -0.276 e. The van der Waals surface area contributed by atoms with Crippen LogP contribution in [0.4, 0.5) is 0 Å². The van der Waals surface area contributed by atoms with Crippen LogP contribution in [0.15, 0.2) is 182 Å². The molecule has 0 amide bonds. The van der Waals surface area contributed by atoms with Crippen LogP contribution in [0, 0.1) is 0 Å². The zero-order valence-corrected chi connectivity index (χ0v) is 32.4. The molecule has 58 heavy (non-hydrogen) atoms. The van der Waals surface area contributed by atoms with E-state index in [9.17, 15) is 0 Å². The Labute approximate surface area is 337 Å². The van der Waals surface area contributed by atoms with E-state index in [4.69, 9.17) is 9.97 Å². The molecule has 0 aliphatic heterocycles. The monoisotopic (exact) mass is 741 g/mol. The molecule has 0 radical (unpaired) electrons. The van der Waals surface area contributed by atoms with Crippen molar-refractivity contribution in [3.63, 3.8) is 0 Å². The van der Waals surface area contributed by atoms with Crippen LogP contribution < -0.4 is 0 Å². The standard InChI is InChI=1S/C55H39N3/c1-3-13-48-49(4-2)56-54(58-51-21-12-11-20-50(51)57-55(48)58)37-25-22-36(23-26-37)39-27-28-41-34-43(31-29-40(41)32-39)53-46-18-9-7-16-44(46)52(45-17-8-10-19-47(45)53)42-30-24-35-14-5-6-15-38(35)33-42/h3,5-34H,4H2,1-2H3/b13-3-. The Bertz CT molecular complexity index is 3380. The molecule has 11 aromatic rings. The van der Waals surface area contributed by atoms with E-state index in [1.165, 1.54) is 76.5 Å². The highest BCUT2D eigenvalue weighted by Gasteiger charge is 2.19. The molecule has 0 saturated carbocycles. The molecule has 0 unspecified atom stereocenters. The maximum Gasteiger partial charge on any atom is 0.148 e. The van der Waals surface area contributed by atoms with Gasteiger partial charge in [0.2, 0.25) is 0 Å². The Kier molecular flexibility index (Phi) is 8.01. The molecule has 0 atom stereocenters. The molecule has 0 aliphatic carbocycles. The largest absolute Gasteiger partial charge is 0.276 e. The summed E-state index contributed by atoms with van der Waals surface area (Å²) in [5.74, 6) is 0.914. The van der Waals surface area contributed by atoms with Gasteiger partial charge in [-0.3, -0.25) is 4.40 Å². The summed E-state index contributed by atoms with van der Waals surface area (Å²) in [7, 11) is 0. The van der Waals surface area contributed by atoms with Gasteiger partial charge in [0.25, 0.3) is 0 Å². The summed E-state index contributed by atoms with van der Waals surface area (Å²) in [5, 5.41) is 10.0. The van der Waals surface area contributed by atoms with Crippen molar-refractivity contribution in [1.29, 1.82) is 0 Å². The van der Waals surface area contributed by atoms with E-state index < -0.39 is 0 Å². The van der Waals surface area contributed by atoms with Gasteiger partial charge in [-0.1, -0.05) is 165 Å². The van der Waals surface area contributed by atoms with Crippen LogP contribution in [0.1, 0.15) is 25.1 Å². The van der Waals surface area contributed by atoms with Gasteiger partial charge >= 0.3 is 0 Å². The Morgan fingerprint density at radius 3 is 1.57 bits per heavy atom. The molecule has 0 N–H and O–H groups in total. The SMILES string of the molecule is C/C=C\c1c(CC)nc(-c2ccc(-c3ccc4cc(-c5c6ccccc6c(-c6ccc7ccccc7c6)c6ccccc56)ccc4c3)cc2)n2c1nc1ccccc12. The summed E-state index contributed by atoms with van der Waals surface area (Å²) < 4.78 is 2.22. The quantitative estimate of drug-likeness (QED) is 0.159. The number of fused-ring (bicyclic) bond motifs is 7. The van der Waals surface area contributed by atoms with Gasteiger partial charge in [-0.05, 0) is 120 Å². The van der Waals surface area contributed by atoms with E-state index in [1.54, 1.807) is 0 Å². The van der Waals surface area contributed by atoms with Gasteiger partial charge in [-0.25, -0.2) is 9.97 Å². The van der Waals surface area contributed by atoms with Gasteiger partial charge in [0.05, 0.1) is 16.7 Å². The van der Waals surface area contributed by atoms with Crippen molar-refractivity contribution in [3.05, 3.63) is 193 Å². The first-order valence-corrected chi connectivity index (χ1v) is 20.2. The molecule has 0 spiro atoms. The molecule has 3 heteroatoms. The van der Waals surface area contributed by atoms with Gasteiger partial charge in [0.15, 0.2) is 0 Å². The molecule has 2 aromatic heterocycles. The molecule has 11 rings (SSSR count). The van der Waals surface area contributed by atoms with Crippen molar-refractivity contribution < 1.29 is 0 Å². The van der Waals surface area contributed by atoms with Crippen molar-refractivity contribution >= 4 is 65.8 Å². The molecular weight excluding hydrogens is 703 g/mol. The number of imidazole rings is 1. The third-order valence-electron chi connectivity index (χ3n) is 11.8. The van der Waals surface area contributed by atoms with Crippen molar-refractivity contribution in [3.8, 4) is 44.8 Å². The number of nitrogens with zero attached hydrogens (tertiary/aromatic N) is 3. The van der Waals surface area contributed by atoms with Crippen LogP contribution in [-0.4, -0.2) is 14.4 Å². The molecule has 0 bridgehead atoms. The van der Waals surface area contributed by atoms with Gasteiger partial charge < -0.3 is 0 Å². The Balaban J connectivity index is 0.993. The second kappa shape index (κ2) is 13.7. The van der Waals surface area contributed by atoms with Crippen LogP contribution in [0.25, 0.3) is 111 Å². The molecular formula is C55H39N3. The highest BCUT2D eigenvalue weighted by molar-refractivity contribution is 6.22. The second-order valence-corrected chi connectivity index (χ2v) is 15.2. The first kappa shape index (κ1) is 33.9. The molecule has 9 aromatic carbocycles. The van der Waals surface area contributed by atoms with Gasteiger partial charge in [0.1, 0.15) is 11.5 Å². The number of benzene rings is 9. The first-order valence-electron chi connectivity index (χ1n) is 20.2. The first-order chi connectivity index (χ1) is 28.7. The van der Waals surface area contributed by atoms with Crippen LogP contribution >= 0.6 is 0 Å². The fourth-order valence-corrected chi connectivity index (χ4v) is 9.08. The van der Waals surface area contributed by atoms with Gasteiger partial charge in [0, 0.05) is 11.1 Å². The predicted octanol–water partition coefficient (Wildman–Crippen LogP) is 14.8. The van der Waals surface area contributed by atoms with E-state index in [0.717, 1.165) is 45.7 Å². The van der Waals surface area contributed by atoms with Gasteiger partial charge in [-0.2, -0.15) is 0 Å². The van der Waals surface area contributed by atoms with Crippen LogP contribution in [0.5, 0.6) is 0 Å². The molecule has 2 heterocycles. The summed E-state index contributed by atoms with van der Waals surface area (Å²) in [6, 6.07) is 64.2. The number of aryl methyl sites for hydroxylation is 1. The van der Waals surface area contributed by atoms with Crippen LogP contribution in [0.3, 0.4) is 0 Å². The Morgan fingerprint density at radius 1 is 0.466 bits per heavy atom. The summed E-state index contributed by atoms with van der Waals surface area (Å²) in [4.78, 5) is 10.3.